The summed E-state index contributed by atoms with van der Waals surface area (Å²) in [4.78, 5) is 0.954. The Kier molecular flexibility index (Phi) is 4.78. The van der Waals surface area contributed by atoms with Crippen molar-refractivity contribution in [1.82, 2.24) is 9.78 Å². The minimum atomic E-state index is -3.82. The zero-order valence-corrected chi connectivity index (χ0v) is 17.1. The van der Waals surface area contributed by atoms with Crippen molar-refractivity contribution in [2.75, 3.05) is 4.72 Å². The molecule has 4 aromatic rings. The highest BCUT2D eigenvalue weighted by molar-refractivity contribution is 7.92. The van der Waals surface area contributed by atoms with Crippen LogP contribution in [0.4, 0.5) is 5.69 Å². The normalized spacial score (nSPS) is 11.5. The summed E-state index contributed by atoms with van der Waals surface area (Å²) < 4.78 is 30.9. The molecule has 5 nitrogen and oxygen atoms in total. The van der Waals surface area contributed by atoms with Gasteiger partial charge in [0.05, 0.1) is 22.4 Å². The van der Waals surface area contributed by atoms with Crippen molar-refractivity contribution in [1.29, 1.82) is 0 Å². The number of hydrogen-bond acceptors (Lipinski definition) is 4. The number of hydrogen-bond donors (Lipinski definition) is 1. The van der Waals surface area contributed by atoms with Gasteiger partial charge in [0.15, 0.2) is 0 Å². The molecule has 0 amide bonds. The molecule has 1 N–H and O–H groups in total. The van der Waals surface area contributed by atoms with Crippen molar-refractivity contribution in [3.05, 3.63) is 83.4 Å². The summed E-state index contributed by atoms with van der Waals surface area (Å²) in [6.45, 7) is 3.81. The molecule has 0 saturated carbocycles. The predicted octanol–water partition coefficient (Wildman–Crippen LogP) is 5.02. The highest BCUT2D eigenvalue weighted by Crippen LogP contribution is 2.32. The fourth-order valence-corrected chi connectivity index (χ4v) is 4.95. The zero-order chi connectivity index (χ0) is 19.7. The van der Waals surface area contributed by atoms with Gasteiger partial charge in [-0.1, -0.05) is 36.4 Å². The molecule has 4 rings (SSSR count). The van der Waals surface area contributed by atoms with Gasteiger partial charge in [0.25, 0.3) is 10.0 Å². The highest BCUT2D eigenvalue weighted by atomic mass is 32.2. The molecule has 0 fully saturated rings. The Balaban J connectivity index is 1.83. The van der Waals surface area contributed by atoms with E-state index in [1.165, 1.54) is 11.3 Å². The van der Waals surface area contributed by atoms with Crippen molar-refractivity contribution in [3.8, 4) is 16.3 Å². The van der Waals surface area contributed by atoms with Crippen LogP contribution in [0.5, 0.6) is 0 Å². The van der Waals surface area contributed by atoms with Crippen LogP contribution in [0.1, 0.15) is 11.1 Å². The van der Waals surface area contributed by atoms with Gasteiger partial charge in [-0.15, -0.1) is 11.3 Å². The molecule has 2 aromatic heterocycles. The first-order valence-corrected chi connectivity index (χ1v) is 11.1. The van der Waals surface area contributed by atoms with Crippen LogP contribution in [0, 0.1) is 13.8 Å². The van der Waals surface area contributed by atoms with Gasteiger partial charge in [-0.25, -0.2) is 13.1 Å². The topological polar surface area (TPSA) is 64.0 Å². The fourth-order valence-electron chi connectivity index (χ4n) is 2.90. The molecule has 0 aliphatic rings. The highest BCUT2D eigenvalue weighted by Gasteiger charge is 2.25. The third-order valence-corrected chi connectivity index (χ3v) is 6.63. The van der Waals surface area contributed by atoms with Crippen molar-refractivity contribution in [2.45, 2.75) is 18.7 Å². The van der Waals surface area contributed by atoms with E-state index in [0.29, 0.717) is 11.4 Å². The Morgan fingerprint density at radius 3 is 2.50 bits per heavy atom. The molecule has 28 heavy (non-hydrogen) atoms. The molecule has 0 saturated heterocycles. The molecule has 0 unspecified atom stereocenters. The first-order chi connectivity index (χ1) is 13.4. The van der Waals surface area contributed by atoms with Crippen LogP contribution < -0.4 is 4.72 Å². The third-order valence-electron chi connectivity index (χ3n) is 4.38. The average Bonchev–Trinajstić information content (AvgIpc) is 3.35. The van der Waals surface area contributed by atoms with Gasteiger partial charge in [0.2, 0.25) is 0 Å². The maximum absolute atomic E-state index is 13.3. The smallest absolute Gasteiger partial charge is 0.265 e. The molecule has 2 heterocycles. The third kappa shape index (κ3) is 3.58. The van der Waals surface area contributed by atoms with Crippen LogP contribution in [0.2, 0.25) is 0 Å². The van der Waals surface area contributed by atoms with Gasteiger partial charge in [0.1, 0.15) is 10.6 Å². The second kappa shape index (κ2) is 7.26. The molecule has 142 valence electrons. The van der Waals surface area contributed by atoms with Gasteiger partial charge < -0.3 is 0 Å². The van der Waals surface area contributed by atoms with Crippen molar-refractivity contribution >= 4 is 27.0 Å². The SMILES string of the molecule is Cc1ccc(C)c(NS(=O)(=O)c2cn(-c3ccccc3)nc2-c2cccs2)c1. The summed E-state index contributed by atoms with van der Waals surface area (Å²) in [6.07, 6.45) is 1.57. The summed E-state index contributed by atoms with van der Waals surface area (Å²) in [5.74, 6) is 0. The lowest BCUT2D eigenvalue weighted by atomic mass is 10.1. The maximum Gasteiger partial charge on any atom is 0.265 e. The Morgan fingerprint density at radius 2 is 1.79 bits per heavy atom. The minimum absolute atomic E-state index is 0.153. The quantitative estimate of drug-likeness (QED) is 0.503. The lowest BCUT2D eigenvalue weighted by molar-refractivity contribution is 0.601. The van der Waals surface area contributed by atoms with E-state index < -0.39 is 10.0 Å². The van der Waals surface area contributed by atoms with Crippen LogP contribution in [0.15, 0.2) is 77.1 Å². The van der Waals surface area contributed by atoms with E-state index >= 15 is 0 Å². The summed E-state index contributed by atoms with van der Waals surface area (Å²) in [7, 11) is -3.82. The van der Waals surface area contributed by atoms with Crippen LogP contribution >= 0.6 is 11.3 Å². The van der Waals surface area contributed by atoms with Crippen LogP contribution in [0.25, 0.3) is 16.3 Å². The van der Waals surface area contributed by atoms with E-state index in [-0.39, 0.29) is 4.90 Å². The second-order valence-electron chi connectivity index (χ2n) is 6.52. The number of nitrogens with zero attached hydrogens (tertiary/aromatic N) is 2. The van der Waals surface area contributed by atoms with Crippen molar-refractivity contribution < 1.29 is 8.42 Å². The summed E-state index contributed by atoms with van der Waals surface area (Å²) >= 11 is 1.46. The number of anilines is 1. The Hall–Kier alpha value is -2.90. The molecule has 0 aliphatic heterocycles. The van der Waals surface area contributed by atoms with Gasteiger partial charge in [-0.05, 0) is 54.6 Å². The number of nitrogens with one attached hydrogen (secondary N) is 1. The van der Waals surface area contributed by atoms with Gasteiger partial charge in [-0.2, -0.15) is 5.10 Å². The fraction of sp³-hybridized carbons (Fsp3) is 0.0952. The van der Waals surface area contributed by atoms with E-state index in [1.54, 1.807) is 10.9 Å². The van der Waals surface area contributed by atoms with Crippen molar-refractivity contribution in [3.63, 3.8) is 0 Å². The maximum atomic E-state index is 13.3. The molecule has 0 aliphatic carbocycles. The molecular weight excluding hydrogens is 390 g/mol. The van der Waals surface area contributed by atoms with Gasteiger partial charge in [0, 0.05) is 0 Å². The molecule has 7 heteroatoms. The molecule has 2 aromatic carbocycles. The number of para-hydroxylation sites is 1. The first-order valence-electron chi connectivity index (χ1n) is 8.73. The van der Waals surface area contributed by atoms with E-state index in [2.05, 4.69) is 9.82 Å². The van der Waals surface area contributed by atoms with Crippen LogP contribution in [0.3, 0.4) is 0 Å². The Morgan fingerprint density at radius 1 is 1.00 bits per heavy atom. The minimum Gasteiger partial charge on any atom is -0.279 e. The molecule has 0 bridgehead atoms. The first kappa shape index (κ1) is 18.5. The average molecular weight is 410 g/mol. The standard InChI is InChI=1S/C21H19N3O2S2/c1-15-10-11-16(2)18(13-15)23-28(25,26)20-14-24(17-7-4-3-5-8-17)22-21(20)19-9-6-12-27-19/h3-14,23H,1-2H3. The summed E-state index contributed by atoms with van der Waals surface area (Å²) in [5.41, 5.74) is 3.67. The molecule has 0 atom stereocenters. The van der Waals surface area contributed by atoms with Gasteiger partial charge >= 0.3 is 0 Å². The number of rotatable bonds is 5. The van der Waals surface area contributed by atoms with E-state index in [0.717, 1.165) is 21.7 Å². The number of benzene rings is 2. The molecule has 0 spiro atoms. The van der Waals surface area contributed by atoms with Gasteiger partial charge in [-0.3, -0.25) is 4.72 Å². The number of sulfonamides is 1. The number of aromatic nitrogens is 2. The molecular formula is C21H19N3O2S2. The number of thiophene rings is 1. The summed E-state index contributed by atoms with van der Waals surface area (Å²) in [5, 5.41) is 6.49. The number of aryl methyl sites for hydroxylation is 2. The van der Waals surface area contributed by atoms with E-state index in [9.17, 15) is 8.42 Å². The van der Waals surface area contributed by atoms with Crippen LogP contribution in [-0.4, -0.2) is 18.2 Å². The lowest BCUT2D eigenvalue weighted by Gasteiger charge is -2.11. The lowest BCUT2D eigenvalue weighted by Crippen LogP contribution is -2.14. The predicted molar refractivity (Wildman–Crippen MR) is 114 cm³/mol. The van der Waals surface area contributed by atoms with Crippen molar-refractivity contribution in [2.24, 2.45) is 0 Å². The monoisotopic (exact) mass is 409 g/mol. The second-order valence-corrected chi connectivity index (χ2v) is 9.12. The van der Waals surface area contributed by atoms with E-state index in [4.69, 9.17) is 0 Å². The summed E-state index contributed by atoms with van der Waals surface area (Å²) in [6, 6.07) is 18.9. The van der Waals surface area contributed by atoms with E-state index in [1.807, 2.05) is 79.9 Å². The van der Waals surface area contributed by atoms with Crippen LogP contribution in [-0.2, 0) is 10.0 Å². The largest absolute Gasteiger partial charge is 0.279 e. The zero-order valence-electron chi connectivity index (χ0n) is 15.5. The Bertz CT molecular complexity index is 1210. The molecule has 0 radical (unpaired) electrons. The Labute approximate surface area is 168 Å².